The Kier molecular flexibility index (Phi) is 3.37. The Morgan fingerprint density at radius 1 is 1.23 bits per heavy atom. The molecule has 2 aliphatic rings. The van der Waals surface area contributed by atoms with Gasteiger partial charge in [0.2, 0.25) is 11.7 Å². The van der Waals surface area contributed by atoms with Gasteiger partial charge in [-0.15, -0.1) is 0 Å². The van der Waals surface area contributed by atoms with E-state index in [1.807, 2.05) is 12.1 Å². The van der Waals surface area contributed by atoms with Crippen molar-refractivity contribution in [1.29, 1.82) is 0 Å². The zero-order chi connectivity index (χ0) is 15.1. The summed E-state index contributed by atoms with van der Waals surface area (Å²) in [7, 11) is 0. The predicted octanol–water partition coefficient (Wildman–Crippen LogP) is 3.20. The molecule has 1 aromatic carbocycles. The summed E-state index contributed by atoms with van der Waals surface area (Å²) in [5.41, 5.74) is 2.20. The number of fused-ring (bicyclic) bond motifs is 1. The number of hydrogen-bond acceptors (Lipinski definition) is 5. The van der Waals surface area contributed by atoms with Gasteiger partial charge in [0.1, 0.15) is 5.75 Å². The Morgan fingerprint density at radius 3 is 3.00 bits per heavy atom. The molecule has 2 aliphatic heterocycles. The van der Waals surface area contributed by atoms with Crippen LogP contribution < -0.4 is 4.74 Å². The van der Waals surface area contributed by atoms with Gasteiger partial charge < -0.3 is 14.0 Å². The Hall–Kier alpha value is -1.88. The maximum atomic E-state index is 5.81. The standard InChI is InChI=1S/C17H20N2O3/c1-10(2)15-13(6-8-21-15)17-18-16(19-22-17)12-3-4-14-11(9-12)5-7-20-14/h3-4,9-10,13,15H,5-8H2,1-2H3/t13-,15-/m0/s1. The van der Waals surface area contributed by atoms with Crippen LogP contribution >= 0.6 is 0 Å². The molecule has 0 amide bonds. The topological polar surface area (TPSA) is 57.4 Å². The van der Waals surface area contributed by atoms with Gasteiger partial charge in [0.25, 0.3) is 0 Å². The SMILES string of the molecule is CC(C)[C@@H]1OCC[C@@H]1c1nc(-c2ccc3c(c2)CCO3)no1. The molecule has 2 aromatic rings. The van der Waals surface area contributed by atoms with Crippen molar-refractivity contribution in [1.82, 2.24) is 10.1 Å². The number of aromatic nitrogens is 2. The first kappa shape index (κ1) is 13.8. The van der Waals surface area contributed by atoms with Crippen LogP contribution in [0, 0.1) is 5.92 Å². The highest BCUT2D eigenvalue weighted by Gasteiger charge is 2.36. The van der Waals surface area contributed by atoms with Gasteiger partial charge in [0, 0.05) is 18.6 Å². The molecule has 3 heterocycles. The molecule has 2 atom stereocenters. The van der Waals surface area contributed by atoms with E-state index >= 15 is 0 Å². The summed E-state index contributed by atoms with van der Waals surface area (Å²) in [4.78, 5) is 4.62. The number of benzene rings is 1. The zero-order valence-corrected chi connectivity index (χ0v) is 12.9. The third-order valence-electron chi connectivity index (χ3n) is 4.50. The Bertz CT molecular complexity index is 680. The summed E-state index contributed by atoms with van der Waals surface area (Å²) in [5, 5.41) is 4.17. The molecule has 0 bridgehead atoms. The molecule has 1 aromatic heterocycles. The highest BCUT2D eigenvalue weighted by Crippen LogP contribution is 2.36. The molecule has 0 N–H and O–H groups in total. The molecule has 4 rings (SSSR count). The first-order valence-corrected chi connectivity index (χ1v) is 7.93. The molecule has 0 unspecified atom stereocenters. The smallest absolute Gasteiger partial charge is 0.232 e. The van der Waals surface area contributed by atoms with Crippen LogP contribution in [0.15, 0.2) is 22.7 Å². The van der Waals surface area contributed by atoms with Crippen LogP contribution in [-0.4, -0.2) is 29.5 Å². The van der Waals surface area contributed by atoms with Gasteiger partial charge in [0.15, 0.2) is 0 Å². The van der Waals surface area contributed by atoms with E-state index in [0.29, 0.717) is 17.6 Å². The second kappa shape index (κ2) is 5.39. The Morgan fingerprint density at radius 2 is 2.14 bits per heavy atom. The molecule has 0 radical (unpaired) electrons. The minimum atomic E-state index is 0.168. The monoisotopic (exact) mass is 300 g/mol. The maximum Gasteiger partial charge on any atom is 0.232 e. The highest BCUT2D eigenvalue weighted by molar-refractivity contribution is 5.59. The lowest BCUT2D eigenvalue weighted by Crippen LogP contribution is -2.21. The van der Waals surface area contributed by atoms with Crippen molar-refractivity contribution in [3.63, 3.8) is 0 Å². The summed E-state index contributed by atoms with van der Waals surface area (Å²) in [6, 6.07) is 6.08. The van der Waals surface area contributed by atoms with Crippen LogP contribution in [0.4, 0.5) is 0 Å². The molecule has 5 heteroatoms. The van der Waals surface area contributed by atoms with Crippen LogP contribution in [0.5, 0.6) is 5.75 Å². The Balaban J connectivity index is 1.61. The largest absolute Gasteiger partial charge is 0.493 e. The van der Waals surface area contributed by atoms with Gasteiger partial charge in [-0.25, -0.2) is 0 Å². The first-order chi connectivity index (χ1) is 10.7. The fourth-order valence-corrected chi connectivity index (χ4v) is 3.36. The van der Waals surface area contributed by atoms with Crippen molar-refractivity contribution >= 4 is 0 Å². The summed E-state index contributed by atoms with van der Waals surface area (Å²) < 4.78 is 16.9. The molecule has 1 fully saturated rings. The van der Waals surface area contributed by atoms with Crippen molar-refractivity contribution in [2.75, 3.05) is 13.2 Å². The minimum Gasteiger partial charge on any atom is -0.493 e. The lowest BCUT2D eigenvalue weighted by atomic mass is 9.93. The zero-order valence-electron chi connectivity index (χ0n) is 12.9. The van der Waals surface area contributed by atoms with E-state index in [-0.39, 0.29) is 12.0 Å². The van der Waals surface area contributed by atoms with E-state index in [9.17, 15) is 0 Å². The van der Waals surface area contributed by atoms with Crippen molar-refractivity contribution in [2.45, 2.75) is 38.7 Å². The molecule has 5 nitrogen and oxygen atoms in total. The van der Waals surface area contributed by atoms with Gasteiger partial charge in [-0.3, -0.25) is 0 Å². The molecule has 22 heavy (non-hydrogen) atoms. The van der Waals surface area contributed by atoms with E-state index in [0.717, 1.165) is 37.4 Å². The summed E-state index contributed by atoms with van der Waals surface area (Å²) in [6.45, 7) is 5.86. The third kappa shape index (κ3) is 2.29. The second-order valence-electron chi connectivity index (χ2n) is 6.35. The third-order valence-corrected chi connectivity index (χ3v) is 4.50. The predicted molar refractivity (Wildman–Crippen MR) is 80.9 cm³/mol. The number of nitrogens with zero attached hydrogens (tertiary/aromatic N) is 2. The average Bonchev–Trinajstić information content (AvgIpc) is 3.25. The molecule has 116 valence electrons. The van der Waals surface area contributed by atoms with Crippen LogP contribution in [0.1, 0.15) is 37.6 Å². The van der Waals surface area contributed by atoms with E-state index < -0.39 is 0 Å². The lowest BCUT2D eigenvalue weighted by molar-refractivity contribution is 0.0627. The Labute approximate surface area is 129 Å². The average molecular weight is 300 g/mol. The summed E-state index contributed by atoms with van der Waals surface area (Å²) in [6.07, 6.45) is 2.06. The van der Waals surface area contributed by atoms with Crippen LogP contribution in [0.25, 0.3) is 11.4 Å². The van der Waals surface area contributed by atoms with Crippen LogP contribution in [0.3, 0.4) is 0 Å². The summed E-state index contributed by atoms with van der Waals surface area (Å²) >= 11 is 0. The highest BCUT2D eigenvalue weighted by atomic mass is 16.5. The molecular weight excluding hydrogens is 280 g/mol. The molecular formula is C17H20N2O3. The van der Waals surface area contributed by atoms with Crippen molar-refractivity contribution in [3.05, 3.63) is 29.7 Å². The molecule has 0 saturated carbocycles. The molecule has 0 spiro atoms. The van der Waals surface area contributed by atoms with E-state index in [4.69, 9.17) is 14.0 Å². The summed E-state index contributed by atoms with van der Waals surface area (Å²) in [5.74, 6) is 2.97. The van der Waals surface area contributed by atoms with Crippen molar-refractivity contribution in [3.8, 4) is 17.1 Å². The first-order valence-electron chi connectivity index (χ1n) is 7.93. The normalized spacial score (nSPS) is 23.8. The van der Waals surface area contributed by atoms with Crippen molar-refractivity contribution < 1.29 is 14.0 Å². The number of rotatable bonds is 3. The van der Waals surface area contributed by atoms with E-state index in [1.54, 1.807) is 0 Å². The molecule has 0 aliphatic carbocycles. The van der Waals surface area contributed by atoms with Gasteiger partial charge >= 0.3 is 0 Å². The maximum absolute atomic E-state index is 5.81. The minimum absolute atomic E-state index is 0.168. The van der Waals surface area contributed by atoms with Crippen LogP contribution in [0.2, 0.25) is 0 Å². The van der Waals surface area contributed by atoms with Crippen molar-refractivity contribution in [2.24, 2.45) is 5.92 Å². The fraction of sp³-hybridized carbons (Fsp3) is 0.529. The lowest BCUT2D eigenvalue weighted by Gasteiger charge is -2.18. The fourth-order valence-electron chi connectivity index (χ4n) is 3.36. The number of hydrogen-bond donors (Lipinski definition) is 0. The van der Waals surface area contributed by atoms with Gasteiger partial charge in [-0.05, 0) is 36.1 Å². The van der Waals surface area contributed by atoms with Gasteiger partial charge in [-0.2, -0.15) is 4.98 Å². The van der Waals surface area contributed by atoms with Gasteiger partial charge in [0.05, 0.1) is 18.6 Å². The molecule has 1 saturated heterocycles. The van der Waals surface area contributed by atoms with Crippen LogP contribution in [-0.2, 0) is 11.2 Å². The quantitative estimate of drug-likeness (QED) is 0.871. The number of ether oxygens (including phenoxy) is 2. The van der Waals surface area contributed by atoms with E-state index in [2.05, 4.69) is 30.1 Å². The van der Waals surface area contributed by atoms with E-state index in [1.165, 1.54) is 5.56 Å². The van der Waals surface area contributed by atoms with Gasteiger partial charge in [-0.1, -0.05) is 19.0 Å². The second-order valence-corrected chi connectivity index (χ2v) is 6.35.